The lowest BCUT2D eigenvalue weighted by molar-refractivity contribution is -0.142. The average Bonchev–Trinajstić information content (AvgIpc) is 3.07. The van der Waals surface area contributed by atoms with Crippen molar-refractivity contribution in [3.05, 3.63) is 11.1 Å². The third-order valence-electron chi connectivity index (χ3n) is 4.75. The van der Waals surface area contributed by atoms with E-state index in [1.54, 1.807) is 0 Å². The minimum Gasteiger partial charge on any atom is -0.300 e. The van der Waals surface area contributed by atoms with Crippen LogP contribution < -0.4 is 5.32 Å². The van der Waals surface area contributed by atoms with Crippen LogP contribution in [0.5, 0.6) is 0 Å². The molecular weight excluding hydrogens is 326 g/mol. The molecule has 7 heteroatoms. The number of amides is 3. The number of hydrogen-bond donors (Lipinski definition) is 1. The second-order valence-electron chi connectivity index (χ2n) is 7.60. The molecule has 24 heavy (non-hydrogen) atoms. The molecule has 2 fully saturated rings. The van der Waals surface area contributed by atoms with Crippen molar-refractivity contribution in [1.29, 1.82) is 0 Å². The molecule has 1 N–H and O–H groups in total. The van der Waals surface area contributed by atoms with Gasteiger partial charge in [0.2, 0.25) is 17.7 Å². The normalized spacial score (nSPS) is 24.2. The second kappa shape index (κ2) is 6.27. The van der Waals surface area contributed by atoms with Gasteiger partial charge < -0.3 is 5.32 Å². The summed E-state index contributed by atoms with van der Waals surface area (Å²) in [6.45, 7) is 5.94. The highest BCUT2D eigenvalue weighted by atomic mass is 32.1. The Balaban J connectivity index is 1.63. The molecule has 6 nitrogen and oxygen atoms in total. The molecule has 2 atom stereocenters. The highest BCUT2D eigenvalue weighted by molar-refractivity contribution is 7.13. The standard InChI is InChI=1S/C17H23N3O3S/c1-17(2,3)12-9-24-16(18-12)19-13(21)8-20-14(22)10-6-4-5-7-11(10)15(20)23/h9-11H,4-8H2,1-3H3,(H,18,19,21). The summed E-state index contributed by atoms with van der Waals surface area (Å²) in [6, 6.07) is 0. The number of nitrogens with zero attached hydrogens (tertiary/aromatic N) is 2. The van der Waals surface area contributed by atoms with Gasteiger partial charge in [0.15, 0.2) is 5.13 Å². The fourth-order valence-corrected chi connectivity index (χ4v) is 4.32. The number of rotatable bonds is 3. The maximum Gasteiger partial charge on any atom is 0.246 e. The molecule has 2 heterocycles. The Morgan fingerprint density at radius 3 is 2.33 bits per heavy atom. The van der Waals surface area contributed by atoms with Crippen LogP contribution in [-0.4, -0.2) is 34.2 Å². The topological polar surface area (TPSA) is 79.4 Å². The van der Waals surface area contributed by atoms with E-state index < -0.39 is 0 Å². The first-order chi connectivity index (χ1) is 11.3. The first-order valence-electron chi connectivity index (χ1n) is 8.38. The smallest absolute Gasteiger partial charge is 0.246 e. The van der Waals surface area contributed by atoms with Gasteiger partial charge in [-0.25, -0.2) is 4.98 Å². The van der Waals surface area contributed by atoms with Gasteiger partial charge in [0, 0.05) is 10.8 Å². The van der Waals surface area contributed by atoms with E-state index in [2.05, 4.69) is 31.1 Å². The third-order valence-corrected chi connectivity index (χ3v) is 5.51. The average molecular weight is 349 g/mol. The van der Waals surface area contributed by atoms with Gasteiger partial charge in [0.1, 0.15) is 6.54 Å². The van der Waals surface area contributed by atoms with Crippen LogP contribution in [0.1, 0.15) is 52.1 Å². The van der Waals surface area contributed by atoms with Crippen LogP contribution in [0.4, 0.5) is 5.13 Å². The van der Waals surface area contributed by atoms with Crippen LogP contribution in [-0.2, 0) is 19.8 Å². The van der Waals surface area contributed by atoms with Gasteiger partial charge in [-0.1, -0.05) is 33.6 Å². The van der Waals surface area contributed by atoms with E-state index in [-0.39, 0.29) is 41.5 Å². The van der Waals surface area contributed by atoms with Gasteiger partial charge in [-0.3, -0.25) is 19.3 Å². The van der Waals surface area contributed by atoms with Crippen molar-refractivity contribution >= 4 is 34.2 Å². The van der Waals surface area contributed by atoms with Gasteiger partial charge in [-0.15, -0.1) is 11.3 Å². The summed E-state index contributed by atoms with van der Waals surface area (Å²) >= 11 is 1.35. The summed E-state index contributed by atoms with van der Waals surface area (Å²) in [5, 5.41) is 5.12. The molecule has 3 amide bonds. The van der Waals surface area contributed by atoms with Crippen molar-refractivity contribution in [1.82, 2.24) is 9.88 Å². The molecule has 130 valence electrons. The number of imide groups is 1. The molecule has 1 saturated carbocycles. The maximum atomic E-state index is 12.4. The second-order valence-corrected chi connectivity index (χ2v) is 8.45. The number of thiazole rings is 1. The van der Waals surface area contributed by atoms with E-state index in [0.29, 0.717) is 5.13 Å². The van der Waals surface area contributed by atoms with Crippen LogP contribution in [0.25, 0.3) is 0 Å². The SMILES string of the molecule is CC(C)(C)c1csc(NC(=O)CN2C(=O)C3CCCCC3C2=O)n1. The van der Waals surface area contributed by atoms with Gasteiger partial charge >= 0.3 is 0 Å². The number of carbonyl (C=O) groups excluding carboxylic acids is 3. The zero-order valence-electron chi connectivity index (χ0n) is 14.3. The van der Waals surface area contributed by atoms with E-state index in [1.807, 2.05) is 5.38 Å². The lowest BCUT2D eigenvalue weighted by Crippen LogP contribution is -2.38. The Kier molecular flexibility index (Phi) is 4.46. The lowest BCUT2D eigenvalue weighted by Gasteiger charge is -2.19. The van der Waals surface area contributed by atoms with Crippen molar-refractivity contribution < 1.29 is 14.4 Å². The zero-order chi connectivity index (χ0) is 17.5. The van der Waals surface area contributed by atoms with Gasteiger partial charge in [-0.05, 0) is 12.8 Å². The first kappa shape index (κ1) is 17.1. The van der Waals surface area contributed by atoms with Crippen LogP contribution in [0.2, 0.25) is 0 Å². The number of anilines is 1. The lowest BCUT2D eigenvalue weighted by atomic mass is 9.81. The van der Waals surface area contributed by atoms with E-state index in [9.17, 15) is 14.4 Å². The predicted octanol–water partition coefficient (Wildman–Crippen LogP) is 2.55. The molecule has 1 aromatic rings. The molecule has 1 aliphatic heterocycles. The van der Waals surface area contributed by atoms with E-state index in [1.165, 1.54) is 11.3 Å². The van der Waals surface area contributed by atoms with E-state index in [4.69, 9.17) is 0 Å². The van der Waals surface area contributed by atoms with Crippen LogP contribution in [0, 0.1) is 11.8 Å². The quantitative estimate of drug-likeness (QED) is 0.851. The molecule has 1 saturated heterocycles. The van der Waals surface area contributed by atoms with Crippen molar-refractivity contribution in [3.63, 3.8) is 0 Å². The molecule has 0 bridgehead atoms. The van der Waals surface area contributed by atoms with Gasteiger partial charge in [0.05, 0.1) is 17.5 Å². The molecule has 1 aromatic heterocycles. The van der Waals surface area contributed by atoms with Gasteiger partial charge in [-0.2, -0.15) is 0 Å². The molecule has 1 aliphatic carbocycles. The Bertz CT molecular complexity index is 653. The fourth-order valence-electron chi connectivity index (χ4n) is 3.36. The molecular formula is C17H23N3O3S. The van der Waals surface area contributed by atoms with Crippen molar-refractivity contribution in [3.8, 4) is 0 Å². The minimum absolute atomic E-state index is 0.0872. The molecule has 2 unspecified atom stereocenters. The third kappa shape index (κ3) is 3.22. The van der Waals surface area contributed by atoms with Gasteiger partial charge in [0.25, 0.3) is 0 Å². The summed E-state index contributed by atoms with van der Waals surface area (Å²) in [5.74, 6) is -1.17. The zero-order valence-corrected chi connectivity index (χ0v) is 15.1. The largest absolute Gasteiger partial charge is 0.300 e. The highest BCUT2D eigenvalue weighted by Gasteiger charge is 2.48. The molecule has 2 aliphatic rings. The fraction of sp³-hybridized carbons (Fsp3) is 0.647. The Morgan fingerprint density at radius 2 is 1.83 bits per heavy atom. The van der Waals surface area contributed by atoms with Crippen molar-refractivity contribution in [2.75, 3.05) is 11.9 Å². The predicted molar refractivity (Wildman–Crippen MR) is 91.6 cm³/mol. The molecule has 0 radical (unpaired) electrons. The summed E-state index contributed by atoms with van der Waals surface area (Å²) in [5.41, 5.74) is 0.818. The summed E-state index contributed by atoms with van der Waals surface area (Å²) in [6.07, 6.45) is 3.48. The Morgan fingerprint density at radius 1 is 1.25 bits per heavy atom. The van der Waals surface area contributed by atoms with Crippen LogP contribution in [0.3, 0.4) is 0 Å². The van der Waals surface area contributed by atoms with E-state index in [0.717, 1.165) is 36.3 Å². The Labute approximate surface area is 145 Å². The molecule has 3 rings (SSSR count). The van der Waals surface area contributed by atoms with Crippen LogP contribution >= 0.6 is 11.3 Å². The number of nitrogens with one attached hydrogen (secondary N) is 1. The monoisotopic (exact) mass is 349 g/mol. The summed E-state index contributed by atoms with van der Waals surface area (Å²) < 4.78 is 0. The maximum absolute atomic E-state index is 12.4. The number of fused-ring (bicyclic) bond motifs is 1. The van der Waals surface area contributed by atoms with Crippen molar-refractivity contribution in [2.45, 2.75) is 51.9 Å². The summed E-state index contributed by atoms with van der Waals surface area (Å²) in [4.78, 5) is 42.5. The first-order valence-corrected chi connectivity index (χ1v) is 9.26. The number of aromatic nitrogens is 1. The molecule has 0 aromatic carbocycles. The summed E-state index contributed by atoms with van der Waals surface area (Å²) in [7, 11) is 0. The Hall–Kier alpha value is -1.76. The number of hydrogen-bond acceptors (Lipinski definition) is 5. The van der Waals surface area contributed by atoms with Crippen molar-refractivity contribution in [2.24, 2.45) is 11.8 Å². The number of carbonyl (C=O) groups is 3. The van der Waals surface area contributed by atoms with Crippen LogP contribution in [0.15, 0.2) is 5.38 Å². The highest BCUT2D eigenvalue weighted by Crippen LogP contribution is 2.37. The molecule has 0 spiro atoms. The number of likely N-dealkylation sites (tertiary alicyclic amines) is 1. The van der Waals surface area contributed by atoms with E-state index >= 15 is 0 Å². The minimum atomic E-state index is -0.370.